The Hall–Kier alpha value is -3.40. The van der Waals surface area contributed by atoms with Crippen LogP contribution in [0.3, 0.4) is 0 Å². The summed E-state index contributed by atoms with van der Waals surface area (Å²) in [7, 11) is 1.37. The maximum Gasteiger partial charge on any atom is 0.356 e. The number of carbonyl (C=O) groups is 1. The molecule has 0 atom stereocenters. The van der Waals surface area contributed by atoms with Crippen LogP contribution in [0.25, 0.3) is 27.9 Å². The third-order valence-corrected chi connectivity index (χ3v) is 4.19. The van der Waals surface area contributed by atoms with Gasteiger partial charge in [0.15, 0.2) is 5.69 Å². The predicted octanol–water partition coefficient (Wildman–Crippen LogP) is 4.45. The lowest BCUT2D eigenvalue weighted by molar-refractivity contribution is 0.0591. The molecule has 0 amide bonds. The number of ether oxygens (including phenoxy) is 1. The predicted molar refractivity (Wildman–Crippen MR) is 97.4 cm³/mol. The molecule has 122 valence electrons. The Morgan fingerprint density at radius 2 is 1.44 bits per heavy atom. The number of aromatic nitrogens is 2. The van der Waals surface area contributed by atoms with Crippen molar-refractivity contribution in [2.75, 3.05) is 7.11 Å². The first-order chi connectivity index (χ1) is 12.3. The van der Waals surface area contributed by atoms with Gasteiger partial charge in [0, 0.05) is 5.56 Å². The summed E-state index contributed by atoms with van der Waals surface area (Å²) in [5, 5.41) is 4.59. The lowest BCUT2D eigenvalue weighted by atomic mass is 10.0. The molecule has 0 saturated heterocycles. The summed E-state index contributed by atoms with van der Waals surface area (Å²) in [5.41, 5.74) is 5.39. The van der Waals surface area contributed by atoms with Gasteiger partial charge in [0.1, 0.15) is 0 Å². The third-order valence-electron chi connectivity index (χ3n) is 4.19. The minimum absolute atomic E-state index is 0.399. The van der Waals surface area contributed by atoms with Gasteiger partial charge in [-0.2, -0.15) is 5.10 Å². The molecule has 0 radical (unpaired) electrons. The molecule has 0 aliphatic rings. The number of benzene rings is 2. The first kappa shape index (κ1) is 15.1. The number of carbonyl (C=O) groups excluding carboxylic acids is 1. The minimum atomic E-state index is -0.399. The van der Waals surface area contributed by atoms with E-state index in [-0.39, 0.29) is 0 Å². The largest absolute Gasteiger partial charge is 0.464 e. The van der Waals surface area contributed by atoms with Gasteiger partial charge < -0.3 is 4.74 Å². The molecule has 2 aromatic carbocycles. The van der Waals surface area contributed by atoms with Crippen molar-refractivity contribution < 1.29 is 9.53 Å². The van der Waals surface area contributed by atoms with Crippen LogP contribution in [-0.4, -0.2) is 22.7 Å². The summed E-state index contributed by atoms with van der Waals surface area (Å²) < 4.78 is 6.43. The Bertz CT molecular complexity index is 1030. The normalized spacial score (nSPS) is 10.8. The van der Waals surface area contributed by atoms with Crippen LogP contribution in [0.5, 0.6) is 0 Å². The number of hydrogen-bond donors (Lipinski definition) is 0. The first-order valence-electron chi connectivity index (χ1n) is 7.99. The van der Waals surface area contributed by atoms with Crippen LogP contribution in [0.4, 0.5) is 0 Å². The Balaban J connectivity index is 1.73. The summed E-state index contributed by atoms with van der Waals surface area (Å²) in [4.78, 5) is 11.9. The molecule has 0 aliphatic carbocycles. The van der Waals surface area contributed by atoms with Gasteiger partial charge in [0.2, 0.25) is 0 Å². The Labute approximate surface area is 145 Å². The van der Waals surface area contributed by atoms with Crippen LogP contribution in [0.15, 0.2) is 78.9 Å². The number of fused-ring (bicyclic) bond motifs is 1. The summed E-state index contributed by atoms with van der Waals surface area (Å²) in [6, 6.07) is 25.9. The van der Waals surface area contributed by atoms with E-state index in [0.29, 0.717) is 5.69 Å². The van der Waals surface area contributed by atoms with Crippen molar-refractivity contribution in [3.05, 3.63) is 84.6 Å². The van der Waals surface area contributed by atoms with Crippen LogP contribution >= 0.6 is 0 Å². The zero-order valence-corrected chi connectivity index (χ0v) is 13.7. The fourth-order valence-electron chi connectivity index (χ4n) is 2.86. The van der Waals surface area contributed by atoms with Crippen molar-refractivity contribution in [1.29, 1.82) is 0 Å². The molecule has 2 aromatic heterocycles. The molecule has 0 spiro atoms. The molecule has 0 bridgehead atoms. The van der Waals surface area contributed by atoms with E-state index in [4.69, 9.17) is 4.74 Å². The number of nitrogens with zero attached hydrogens (tertiary/aromatic N) is 2. The van der Waals surface area contributed by atoms with E-state index < -0.39 is 5.97 Å². The average molecular weight is 328 g/mol. The van der Waals surface area contributed by atoms with Crippen molar-refractivity contribution in [2.45, 2.75) is 0 Å². The fourth-order valence-corrected chi connectivity index (χ4v) is 2.86. The van der Waals surface area contributed by atoms with Crippen LogP contribution < -0.4 is 0 Å². The van der Waals surface area contributed by atoms with Gasteiger partial charge in [-0.1, -0.05) is 54.6 Å². The van der Waals surface area contributed by atoms with E-state index in [2.05, 4.69) is 29.4 Å². The van der Waals surface area contributed by atoms with E-state index in [1.165, 1.54) is 12.7 Å². The molecule has 4 nitrogen and oxygen atoms in total. The topological polar surface area (TPSA) is 43.6 Å². The number of hydrogen-bond acceptors (Lipinski definition) is 3. The van der Waals surface area contributed by atoms with Crippen LogP contribution in [0.1, 0.15) is 10.5 Å². The van der Waals surface area contributed by atoms with Crippen LogP contribution in [0, 0.1) is 0 Å². The van der Waals surface area contributed by atoms with E-state index in [1.54, 1.807) is 10.6 Å². The summed E-state index contributed by atoms with van der Waals surface area (Å²) >= 11 is 0. The lowest BCUT2D eigenvalue weighted by Gasteiger charge is -2.06. The highest BCUT2D eigenvalue weighted by molar-refractivity contribution is 5.89. The molecule has 0 fully saturated rings. The van der Waals surface area contributed by atoms with E-state index >= 15 is 0 Å². The number of methoxy groups -OCH3 is 1. The molecular formula is C21H16N2O2. The first-order valence-corrected chi connectivity index (χ1v) is 7.99. The third kappa shape index (κ3) is 2.78. The van der Waals surface area contributed by atoms with Crippen molar-refractivity contribution in [2.24, 2.45) is 0 Å². The average Bonchev–Trinajstić information content (AvgIpc) is 3.11. The summed E-state index contributed by atoms with van der Waals surface area (Å²) in [5.74, 6) is -0.399. The zero-order chi connectivity index (χ0) is 17.2. The number of rotatable bonds is 3. The fraction of sp³-hybridized carbons (Fsp3) is 0.0476. The Kier molecular flexibility index (Phi) is 3.78. The maximum absolute atomic E-state index is 11.9. The van der Waals surface area contributed by atoms with Gasteiger partial charge in [-0.15, -0.1) is 0 Å². The smallest absolute Gasteiger partial charge is 0.356 e. The summed E-state index contributed by atoms with van der Waals surface area (Å²) in [6.45, 7) is 0. The van der Waals surface area contributed by atoms with Gasteiger partial charge in [-0.3, -0.25) is 0 Å². The molecule has 4 heteroatoms. The Morgan fingerprint density at radius 1 is 0.800 bits per heavy atom. The molecule has 0 aliphatic heterocycles. The molecule has 0 saturated carbocycles. The highest BCUT2D eigenvalue weighted by Gasteiger charge is 2.12. The summed E-state index contributed by atoms with van der Waals surface area (Å²) in [6.07, 6.45) is 0. The second-order valence-corrected chi connectivity index (χ2v) is 5.71. The van der Waals surface area contributed by atoms with E-state index in [0.717, 1.165) is 22.3 Å². The van der Waals surface area contributed by atoms with Gasteiger partial charge in [-0.05, 0) is 35.4 Å². The second-order valence-electron chi connectivity index (χ2n) is 5.71. The van der Waals surface area contributed by atoms with Gasteiger partial charge in [0.05, 0.1) is 18.3 Å². The highest BCUT2D eigenvalue weighted by atomic mass is 16.5. The number of esters is 1. The molecule has 4 rings (SSSR count). The standard InChI is InChI=1S/C21H16N2O2/c1-25-21(24)20-14-12-18-11-13-19(22-23(18)20)17-9-7-16(8-10-17)15-5-3-2-4-6-15/h2-14H,1H3. The van der Waals surface area contributed by atoms with Crippen molar-refractivity contribution in [3.8, 4) is 22.4 Å². The van der Waals surface area contributed by atoms with Crippen LogP contribution in [-0.2, 0) is 4.74 Å². The molecular weight excluding hydrogens is 312 g/mol. The molecule has 0 unspecified atom stereocenters. The quantitative estimate of drug-likeness (QED) is 0.522. The zero-order valence-electron chi connectivity index (χ0n) is 13.7. The van der Waals surface area contributed by atoms with Gasteiger partial charge in [-0.25, -0.2) is 9.31 Å². The monoisotopic (exact) mass is 328 g/mol. The molecule has 2 heterocycles. The maximum atomic E-state index is 11.9. The van der Waals surface area contributed by atoms with Crippen molar-refractivity contribution in [1.82, 2.24) is 9.61 Å². The van der Waals surface area contributed by atoms with Crippen molar-refractivity contribution in [3.63, 3.8) is 0 Å². The van der Waals surface area contributed by atoms with E-state index in [9.17, 15) is 4.79 Å². The SMILES string of the molecule is COC(=O)c1ccc2ccc(-c3ccc(-c4ccccc4)cc3)nn12. The highest BCUT2D eigenvalue weighted by Crippen LogP contribution is 2.24. The van der Waals surface area contributed by atoms with E-state index in [1.807, 2.05) is 48.5 Å². The van der Waals surface area contributed by atoms with Gasteiger partial charge >= 0.3 is 5.97 Å². The lowest BCUT2D eigenvalue weighted by Crippen LogP contribution is -2.07. The van der Waals surface area contributed by atoms with Crippen molar-refractivity contribution >= 4 is 11.5 Å². The second kappa shape index (κ2) is 6.24. The van der Waals surface area contributed by atoms with Gasteiger partial charge in [0.25, 0.3) is 0 Å². The molecule has 4 aromatic rings. The Morgan fingerprint density at radius 3 is 2.16 bits per heavy atom. The molecule has 25 heavy (non-hydrogen) atoms. The minimum Gasteiger partial charge on any atom is -0.464 e. The van der Waals surface area contributed by atoms with Crippen LogP contribution in [0.2, 0.25) is 0 Å². The molecule has 0 N–H and O–H groups in total.